The van der Waals surface area contributed by atoms with Crippen molar-refractivity contribution in [1.82, 2.24) is 38.9 Å². The fraction of sp³-hybridized carbons (Fsp3) is 0.171. The summed E-state index contributed by atoms with van der Waals surface area (Å²) in [5.74, 6) is -0.785. The van der Waals surface area contributed by atoms with Crippen LogP contribution in [0.1, 0.15) is 11.3 Å². The highest BCUT2D eigenvalue weighted by Crippen LogP contribution is 2.26. The molecule has 0 atom stereocenters. The minimum atomic E-state index is -0.556. The van der Waals surface area contributed by atoms with Gasteiger partial charge < -0.3 is 14.8 Å². The maximum Gasteiger partial charge on any atom is 0.294 e. The average molecular weight is 744 g/mol. The van der Waals surface area contributed by atoms with Crippen molar-refractivity contribution in [2.75, 3.05) is 12.4 Å². The van der Waals surface area contributed by atoms with Gasteiger partial charge in [-0.1, -0.05) is 24.3 Å². The topological polar surface area (TPSA) is 162 Å². The number of ether oxygens (including phenoxy) is 2. The summed E-state index contributed by atoms with van der Waals surface area (Å²) >= 11 is 0.818. The monoisotopic (exact) mass is 743 g/mol. The second-order valence-corrected chi connectivity index (χ2v) is 11.9. The van der Waals surface area contributed by atoms with E-state index in [2.05, 4.69) is 35.2 Å². The number of benzene rings is 2. The van der Waals surface area contributed by atoms with Gasteiger partial charge in [0.15, 0.2) is 34.6 Å². The van der Waals surface area contributed by atoms with E-state index in [1.54, 1.807) is 42.3 Å². The molecular weight excluding hydrogens is 713 g/mol. The third-order valence-corrected chi connectivity index (χ3v) is 8.42. The van der Waals surface area contributed by atoms with Crippen LogP contribution in [0.15, 0.2) is 94.0 Å². The van der Waals surface area contributed by atoms with Crippen LogP contribution in [-0.4, -0.2) is 46.0 Å². The number of pyridine rings is 2. The Hall–Kier alpha value is -6.24. The molecule has 0 fully saturated rings. The van der Waals surface area contributed by atoms with Gasteiger partial charge in [0.1, 0.15) is 23.3 Å². The van der Waals surface area contributed by atoms with E-state index in [4.69, 9.17) is 13.8 Å². The maximum atomic E-state index is 13.9. The van der Waals surface area contributed by atoms with Gasteiger partial charge in [0, 0.05) is 62.1 Å². The minimum Gasteiger partial charge on any atom is -0.448 e. The van der Waals surface area contributed by atoms with Gasteiger partial charge in [-0.15, -0.1) is 0 Å². The molecule has 272 valence electrons. The van der Waals surface area contributed by atoms with Crippen molar-refractivity contribution in [3.8, 4) is 23.0 Å². The molecule has 0 aliphatic heterocycles. The molecule has 53 heavy (non-hydrogen) atoms. The number of nitrogens with zero attached hydrogens (tertiary/aromatic N) is 8. The lowest BCUT2D eigenvalue weighted by molar-refractivity contribution is -0.160. The fourth-order valence-corrected chi connectivity index (χ4v) is 5.29. The Morgan fingerprint density at radius 3 is 1.83 bits per heavy atom. The first-order valence-corrected chi connectivity index (χ1v) is 16.4. The third-order valence-electron chi connectivity index (χ3n) is 7.87. The van der Waals surface area contributed by atoms with Gasteiger partial charge in [0.2, 0.25) is 11.1 Å². The largest absolute Gasteiger partial charge is 0.448 e. The van der Waals surface area contributed by atoms with E-state index < -0.39 is 22.8 Å². The predicted octanol–water partition coefficient (Wildman–Crippen LogP) is 5.76. The third kappa shape index (κ3) is 8.14. The highest BCUT2D eigenvalue weighted by Gasteiger charge is 2.15. The normalized spacial score (nSPS) is 11.0. The smallest absolute Gasteiger partial charge is 0.294 e. The van der Waals surface area contributed by atoms with E-state index in [0.29, 0.717) is 34.6 Å². The first-order chi connectivity index (χ1) is 25.5. The molecule has 2 aromatic carbocycles. The summed E-state index contributed by atoms with van der Waals surface area (Å²) in [6, 6.07) is 14.7. The Labute approximate surface area is 303 Å². The van der Waals surface area contributed by atoms with Gasteiger partial charge in [-0.25, -0.2) is 28.6 Å². The summed E-state index contributed by atoms with van der Waals surface area (Å²) in [5, 5.41) is 8.79. The summed E-state index contributed by atoms with van der Waals surface area (Å²) in [5.41, 5.74) is 2.02. The minimum absolute atomic E-state index is 0.000365. The van der Waals surface area contributed by atoms with Crippen LogP contribution in [0.4, 0.5) is 14.7 Å². The highest BCUT2D eigenvalue weighted by atomic mass is 32.2. The molecule has 0 saturated carbocycles. The summed E-state index contributed by atoms with van der Waals surface area (Å²) in [7, 11) is 6.36. The van der Waals surface area contributed by atoms with Gasteiger partial charge in [-0.05, 0) is 43.3 Å². The SMILES string of the molecule is COOSc1ncc2cc(Oc3ccccc3F)c(=O)n(C)c2n1.Cc1c(CNc2ncc3cc(Oc4ccccc4F)c(=O)n(C)c3n2)cnn1C. The summed E-state index contributed by atoms with van der Waals surface area (Å²) in [6.45, 7) is 2.49. The van der Waals surface area contributed by atoms with Crippen molar-refractivity contribution >= 4 is 40.1 Å². The second-order valence-electron chi connectivity index (χ2n) is 11.3. The number of nitrogens with one attached hydrogen (secondary N) is 1. The van der Waals surface area contributed by atoms with Crippen molar-refractivity contribution in [3.63, 3.8) is 0 Å². The van der Waals surface area contributed by atoms with E-state index in [1.165, 1.54) is 72.0 Å². The van der Waals surface area contributed by atoms with Crippen molar-refractivity contribution in [2.24, 2.45) is 21.1 Å². The number of hydrogen-bond donors (Lipinski definition) is 1. The van der Waals surface area contributed by atoms with E-state index in [1.807, 2.05) is 14.0 Å². The van der Waals surface area contributed by atoms with Crippen LogP contribution >= 0.6 is 12.0 Å². The van der Waals surface area contributed by atoms with Crippen molar-refractivity contribution in [2.45, 2.75) is 18.6 Å². The molecule has 0 spiro atoms. The zero-order valence-corrected chi connectivity index (χ0v) is 29.7. The lowest BCUT2D eigenvalue weighted by Gasteiger charge is -2.11. The molecule has 0 aliphatic carbocycles. The molecular formula is C35H31F2N9O6S. The lowest BCUT2D eigenvalue weighted by Crippen LogP contribution is -2.20. The van der Waals surface area contributed by atoms with Gasteiger partial charge in [0.05, 0.1) is 13.3 Å². The summed E-state index contributed by atoms with van der Waals surface area (Å²) in [4.78, 5) is 46.6. The molecule has 0 aliphatic rings. The summed E-state index contributed by atoms with van der Waals surface area (Å²) < 4.78 is 47.6. The molecule has 15 nitrogen and oxygen atoms in total. The number of anilines is 1. The Morgan fingerprint density at radius 1 is 0.755 bits per heavy atom. The Morgan fingerprint density at radius 2 is 1.30 bits per heavy atom. The highest BCUT2D eigenvalue weighted by molar-refractivity contribution is 7.94. The summed E-state index contributed by atoms with van der Waals surface area (Å²) in [6.07, 6.45) is 4.89. The standard InChI is InChI=1S/C20H19FN6O2.C15H12FN3O4S/c1-12-14(11-24-27(12)3)10-23-20-22-9-13-8-17(19(28)26(2)18(13)25-20)29-16-7-5-4-6-15(16)21;1-19-13-9(8-17-15(18-13)24-23-21-2)7-12(14(19)20)22-11-6-4-3-5-10(11)16/h4-9,11H,10H2,1-3H3,(H,22,23,25);3-8H,1-2H3. The Bertz CT molecular complexity index is 2560. The van der Waals surface area contributed by atoms with E-state index >= 15 is 0 Å². The molecule has 18 heteroatoms. The number of halogens is 2. The molecule has 0 amide bonds. The van der Waals surface area contributed by atoms with Crippen LogP contribution in [0.3, 0.4) is 0 Å². The zero-order chi connectivity index (χ0) is 37.6. The fourth-order valence-electron chi connectivity index (χ4n) is 4.94. The van der Waals surface area contributed by atoms with Crippen LogP contribution in [0.2, 0.25) is 0 Å². The van der Waals surface area contributed by atoms with Crippen molar-refractivity contribution < 1.29 is 27.5 Å². The van der Waals surface area contributed by atoms with Gasteiger partial charge >= 0.3 is 0 Å². The van der Waals surface area contributed by atoms with Crippen LogP contribution < -0.4 is 25.9 Å². The van der Waals surface area contributed by atoms with Crippen LogP contribution in [0, 0.1) is 18.6 Å². The predicted molar refractivity (Wildman–Crippen MR) is 192 cm³/mol. The zero-order valence-electron chi connectivity index (χ0n) is 28.9. The number of hydrogen-bond acceptors (Lipinski definition) is 13. The molecule has 5 heterocycles. The molecule has 0 radical (unpaired) electrons. The maximum absolute atomic E-state index is 13.9. The average Bonchev–Trinajstić information content (AvgIpc) is 3.49. The number of aryl methyl sites for hydroxylation is 3. The van der Waals surface area contributed by atoms with E-state index in [0.717, 1.165) is 23.3 Å². The Balaban J connectivity index is 0.000000185. The van der Waals surface area contributed by atoms with Crippen molar-refractivity contribution in [1.29, 1.82) is 0 Å². The number of rotatable bonds is 10. The number of para-hydroxylation sites is 2. The van der Waals surface area contributed by atoms with E-state index in [9.17, 15) is 18.4 Å². The molecule has 7 rings (SSSR count). The number of aromatic nitrogens is 8. The first kappa shape index (κ1) is 36.5. The van der Waals surface area contributed by atoms with Gasteiger partial charge in [-0.2, -0.15) is 14.4 Å². The van der Waals surface area contributed by atoms with Crippen LogP contribution in [0.25, 0.3) is 22.1 Å². The number of fused-ring (bicyclic) bond motifs is 2. The quantitative estimate of drug-likeness (QED) is 0.0780. The van der Waals surface area contributed by atoms with E-state index in [-0.39, 0.29) is 28.2 Å². The van der Waals surface area contributed by atoms with Crippen molar-refractivity contribution in [3.05, 3.63) is 123 Å². The second kappa shape index (κ2) is 16.0. The van der Waals surface area contributed by atoms with Gasteiger partial charge in [0.25, 0.3) is 11.1 Å². The molecule has 0 saturated heterocycles. The van der Waals surface area contributed by atoms with Crippen LogP contribution in [-0.2, 0) is 36.9 Å². The first-order valence-electron chi connectivity index (χ1n) is 15.7. The molecule has 7 aromatic rings. The Kier molecular flexibility index (Phi) is 11.0. The molecule has 0 unspecified atom stereocenters. The van der Waals surface area contributed by atoms with Gasteiger partial charge in [-0.3, -0.25) is 23.4 Å². The van der Waals surface area contributed by atoms with Crippen LogP contribution in [0.5, 0.6) is 23.0 Å². The lowest BCUT2D eigenvalue weighted by atomic mass is 10.2. The molecule has 1 N–H and O–H groups in total. The molecule has 0 bridgehead atoms. The molecule has 5 aromatic heterocycles.